The number of carbonyl (C=O) groups excluding carboxylic acids is 1. The number of alkyl halides is 1. The first-order valence-corrected chi connectivity index (χ1v) is 11.2. The highest BCUT2D eigenvalue weighted by Crippen LogP contribution is 2.32. The van der Waals surface area contributed by atoms with Crippen LogP contribution in [0.5, 0.6) is 5.75 Å². The minimum atomic E-state index is -4.13. The fraction of sp³-hybridized carbons (Fsp3) is 0.350. The molecule has 0 bridgehead atoms. The quantitative estimate of drug-likeness (QED) is 0.464. The van der Waals surface area contributed by atoms with Gasteiger partial charge >= 0.3 is 11.8 Å². The zero-order chi connectivity index (χ0) is 23.3. The molecule has 3 rings (SSSR count). The number of sulfonamides is 1. The van der Waals surface area contributed by atoms with Crippen LogP contribution in [0.1, 0.15) is 5.56 Å². The lowest BCUT2D eigenvalue weighted by molar-refractivity contribution is -0.386. The fourth-order valence-corrected chi connectivity index (χ4v) is 3.93. The van der Waals surface area contributed by atoms with Gasteiger partial charge in [-0.1, -0.05) is 30.3 Å². The number of nitro groups is 1. The van der Waals surface area contributed by atoms with Gasteiger partial charge in [0.1, 0.15) is 6.61 Å². The van der Waals surface area contributed by atoms with Crippen LogP contribution in [-0.2, 0) is 21.4 Å². The van der Waals surface area contributed by atoms with Crippen LogP contribution in [0.25, 0.3) is 0 Å². The second-order valence-corrected chi connectivity index (χ2v) is 8.92. The molecule has 1 aliphatic rings. The third-order valence-corrected chi connectivity index (χ3v) is 6.06. The van der Waals surface area contributed by atoms with Crippen LogP contribution in [0.2, 0.25) is 0 Å². The highest BCUT2D eigenvalue weighted by molar-refractivity contribution is 7.89. The molecule has 10 nitrogen and oxygen atoms in total. The number of halogens is 1. The minimum Gasteiger partial charge on any atom is -0.486 e. The van der Waals surface area contributed by atoms with Crippen molar-refractivity contribution < 1.29 is 32.0 Å². The number of carbonyl (C=O) groups is 1. The number of nitrogens with two attached hydrogens (primary N) is 1. The maximum atomic E-state index is 13.5. The van der Waals surface area contributed by atoms with E-state index in [2.05, 4.69) is 0 Å². The maximum Gasteiger partial charge on any atom is 0.410 e. The third-order valence-electron chi connectivity index (χ3n) is 5.15. The Labute approximate surface area is 183 Å². The SMILES string of the molecule is NS(=O)(=O)c1ccc(OC[C@@H]2CN(C(=O)OCc3ccccc3)C[C@H]2CF)c([N+](=O)[O-])c1. The van der Waals surface area contributed by atoms with Crippen molar-refractivity contribution in [2.75, 3.05) is 26.4 Å². The van der Waals surface area contributed by atoms with Crippen molar-refractivity contribution in [2.45, 2.75) is 11.5 Å². The second kappa shape index (κ2) is 9.92. The molecule has 1 heterocycles. The summed E-state index contributed by atoms with van der Waals surface area (Å²) in [6.45, 7) is -0.439. The normalized spacial score (nSPS) is 18.4. The molecule has 172 valence electrons. The molecule has 0 spiro atoms. The topological polar surface area (TPSA) is 142 Å². The molecule has 0 aliphatic carbocycles. The smallest absolute Gasteiger partial charge is 0.410 e. The zero-order valence-electron chi connectivity index (χ0n) is 16.9. The summed E-state index contributed by atoms with van der Waals surface area (Å²) in [5.41, 5.74) is 0.239. The van der Waals surface area contributed by atoms with Gasteiger partial charge < -0.3 is 14.4 Å². The third kappa shape index (κ3) is 5.71. The Bertz CT molecular complexity index is 1080. The highest BCUT2D eigenvalue weighted by atomic mass is 32.2. The summed E-state index contributed by atoms with van der Waals surface area (Å²) in [7, 11) is -4.13. The summed E-state index contributed by atoms with van der Waals surface area (Å²) in [5.74, 6) is -1.13. The highest BCUT2D eigenvalue weighted by Gasteiger charge is 2.37. The molecule has 12 heteroatoms. The summed E-state index contributed by atoms with van der Waals surface area (Å²) in [6, 6.07) is 12.1. The van der Waals surface area contributed by atoms with Gasteiger partial charge in [0.2, 0.25) is 10.0 Å². The van der Waals surface area contributed by atoms with E-state index in [1.807, 2.05) is 30.3 Å². The van der Waals surface area contributed by atoms with E-state index in [4.69, 9.17) is 14.6 Å². The minimum absolute atomic E-state index is 0.0836. The Morgan fingerprint density at radius 3 is 2.50 bits per heavy atom. The van der Waals surface area contributed by atoms with Gasteiger partial charge in [-0.05, 0) is 17.7 Å². The van der Waals surface area contributed by atoms with Crippen molar-refractivity contribution in [3.05, 3.63) is 64.2 Å². The molecule has 1 fully saturated rings. The number of amides is 1. The van der Waals surface area contributed by atoms with Crippen molar-refractivity contribution in [1.82, 2.24) is 4.90 Å². The average molecular weight is 467 g/mol. The second-order valence-electron chi connectivity index (χ2n) is 7.36. The number of nitrogens with zero attached hydrogens (tertiary/aromatic N) is 2. The van der Waals surface area contributed by atoms with E-state index < -0.39 is 50.1 Å². The van der Waals surface area contributed by atoms with Crippen molar-refractivity contribution in [3.8, 4) is 5.75 Å². The van der Waals surface area contributed by atoms with Crippen LogP contribution >= 0.6 is 0 Å². The van der Waals surface area contributed by atoms with Gasteiger partial charge in [-0.25, -0.2) is 18.4 Å². The molecule has 1 amide bonds. The largest absolute Gasteiger partial charge is 0.486 e. The first kappa shape index (κ1) is 23.4. The standard InChI is InChI=1S/C20H22FN3O7S/c21-9-15-10-23(20(25)31-12-14-4-2-1-3-5-14)11-16(15)13-30-19-7-6-17(32(22,28)29)8-18(19)24(26)27/h1-8,15-16H,9-13H2,(H2,22,28,29)/t15-,16+/m1/s1. The van der Waals surface area contributed by atoms with Crippen LogP contribution in [0.15, 0.2) is 53.4 Å². The molecule has 2 atom stereocenters. The van der Waals surface area contributed by atoms with E-state index in [-0.39, 0.29) is 32.1 Å². The molecular weight excluding hydrogens is 445 g/mol. The van der Waals surface area contributed by atoms with Crippen LogP contribution in [0, 0.1) is 22.0 Å². The Morgan fingerprint density at radius 2 is 1.88 bits per heavy atom. The summed E-state index contributed by atoms with van der Waals surface area (Å²) in [5, 5.41) is 16.3. The van der Waals surface area contributed by atoms with Crippen LogP contribution in [0.4, 0.5) is 14.9 Å². The van der Waals surface area contributed by atoms with Gasteiger partial charge in [0, 0.05) is 31.0 Å². The number of nitro benzene ring substituents is 1. The Balaban J connectivity index is 1.63. The number of hydrogen-bond acceptors (Lipinski definition) is 7. The molecule has 2 aromatic carbocycles. The van der Waals surface area contributed by atoms with E-state index in [0.717, 1.165) is 23.8 Å². The molecule has 0 aromatic heterocycles. The van der Waals surface area contributed by atoms with Crippen LogP contribution in [-0.4, -0.2) is 50.7 Å². The number of benzene rings is 2. The Kier molecular flexibility index (Phi) is 7.26. The number of hydrogen-bond donors (Lipinski definition) is 1. The van der Waals surface area contributed by atoms with Crippen molar-refractivity contribution in [1.29, 1.82) is 0 Å². The van der Waals surface area contributed by atoms with Crippen molar-refractivity contribution in [3.63, 3.8) is 0 Å². The van der Waals surface area contributed by atoms with Gasteiger partial charge in [0.25, 0.3) is 0 Å². The number of primary sulfonamides is 1. The lowest BCUT2D eigenvalue weighted by Gasteiger charge is -2.17. The van der Waals surface area contributed by atoms with Gasteiger partial charge in [-0.2, -0.15) is 0 Å². The van der Waals surface area contributed by atoms with E-state index in [0.29, 0.717) is 0 Å². The lowest BCUT2D eigenvalue weighted by Crippen LogP contribution is -2.30. The fourth-order valence-electron chi connectivity index (χ4n) is 3.40. The van der Waals surface area contributed by atoms with Gasteiger partial charge in [0.15, 0.2) is 5.75 Å². The molecule has 0 radical (unpaired) electrons. The molecule has 0 unspecified atom stereocenters. The van der Waals surface area contributed by atoms with Gasteiger partial charge in [-0.3, -0.25) is 14.5 Å². The predicted octanol–water partition coefficient (Wildman–Crippen LogP) is 2.48. The molecular formula is C20H22FN3O7S. The van der Waals surface area contributed by atoms with Gasteiger partial charge in [-0.15, -0.1) is 0 Å². The predicted molar refractivity (Wildman–Crippen MR) is 111 cm³/mol. The van der Waals surface area contributed by atoms with Gasteiger partial charge in [0.05, 0.1) is 23.1 Å². The maximum absolute atomic E-state index is 13.5. The zero-order valence-corrected chi connectivity index (χ0v) is 17.7. The first-order valence-electron chi connectivity index (χ1n) is 9.64. The summed E-state index contributed by atoms with van der Waals surface area (Å²) in [6.07, 6.45) is -0.585. The van der Waals surface area contributed by atoms with E-state index in [9.17, 15) is 27.7 Å². The Hall–Kier alpha value is -3.25. The van der Waals surface area contributed by atoms with E-state index >= 15 is 0 Å². The van der Waals surface area contributed by atoms with E-state index in [1.165, 1.54) is 4.90 Å². The van der Waals surface area contributed by atoms with E-state index in [1.54, 1.807) is 0 Å². The lowest BCUT2D eigenvalue weighted by atomic mass is 9.98. The molecule has 0 saturated carbocycles. The van der Waals surface area contributed by atoms with Crippen molar-refractivity contribution >= 4 is 21.8 Å². The molecule has 2 N–H and O–H groups in total. The molecule has 2 aromatic rings. The average Bonchev–Trinajstić information content (AvgIpc) is 3.19. The number of ether oxygens (including phenoxy) is 2. The molecule has 32 heavy (non-hydrogen) atoms. The summed E-state index contributed by atoms with van der Waals surface area (Å²) in [4.78, 5) is 23.8. The summed E-state index contributed by atoms with van der Waals surface area (Å²) >= 11 is 0. The molecule has 1 saturated heterocycles. The van der Waals surface area contributed by atoms with Crippen LogP contribution in [0.3, 0.4) is 0 Å². The monoisotopic (exact) mass is 467 g/mol. The number of likely N-dealkylation sites (tertiary alicyclic amines) is 1. The number of rotatable bonds is 8. The summed E-state index contributed by atoms with van der Waals surface area (Å²) < 4.78 is 47.2. The van der Waals surface area contributed by atoms with Crippen molar-refractivity contribution in [2.24, 2.45) is 17.0 Å². The van der Waals surface area contributed by atoms with Crippen LogP contribution < -0.4 is 9.88 Å². The molecule has 1 aliphatic heterocycles. The first-order chi connectivity index (χ1) is 15.2. The Morgan fingerprint density at radius 1 is 1.19 bits per heavy atom.